The van der Waals surface area contributed by atoms with Gasteiger partial charge in [0.25, 0.3) is 0 Å². The van der Waals surface area contributed by atoms with Crippen LogP contribution in [0.4, 0.5) is 0 Å². The number of aliphatic hydroxyl groups is 1. The average molecular weight is 201 g/mol. The molecule has 0 radical (unpaired) electrons. The van der Waals surface area contributed by atoms with Crippen LogP contribution in [0, 0.1) is 5.41 Å². The van der Waals surface area contributed by atoms with E-state index in [1.807, 2.05) is 11.9 Å². The molecule has 0 aliphatic carbocycles. The van der Waals surface area contributed by atoms with Crippen LogP contribution in [-0.4, -0.2) is 48.8 Å². The van der Waals surface area contributed by atoms with Crippen LogP contribution in [0.5, 0.6) is 0 Å². The van der Waals surface area contributed by atoms with E-state index in [0.717, 1.165) is 6.54 Å². The van der Waals surface area contributed by atoms with E-state index >= 15 is 0 Å². The van der Waals surface area contributed by atoms with Gasteiger partial charge in [0.2, 0.25) is 0 Å². The summed E-state index contributed by atoms with van der Waals surface area (Å²) in [6.45, 7) is 5.31. The Morgan fingerprint density at radius 2 is 2.36 bits per heavy atom. The lowest BCUT2D eigenvalue weighted by Crippen LogP contribution is -2.53. The van der Waals surface area contributed by atoms with Crippen molar-refractivity contribution in [3.05, 3.63) is 0 Å². The van der Waals surface area contributed by atoms with Crippen molar-refractivity contribution in [2.24, 2.45) is 5.41 Å². The summed E-state index contributed by atoms with van der Waals surface area (Å²) in [6, 6.07) is 0. The molecule has 82 valence electrons. The van der Waals surface area contributed by atoms with Crippen LogP contribution in [0.25, 0.3) is 0 Å². The number of esters is 1. The molecule has 2 atom stereocenters. The molecule has 0 spiro atoms. The van der Waals surface area contributed by atoms with Crippen LogP contribution in [-0.2, 0) is 9.53 Å². The molecule has 1 heterocycles. The number of carbonyl (C=O) groups is 1. The number of ether oxygens (including phenoxy) is 1. The first-order chi connectivity index (χ1) is 6.50. The van der Waals surface area contributed by atoms with E-state index in [2.05, 4.69) is 0 Å². The topological polar surface area (TPSA) is 49.8 Å². The third-order valence-corrected chi connectivity index (χ3v) is 2.86. The van der Waals surface area contributed by atoms with Crippen LogP contribution in [0.3, 0.4) is 0 Å². The van der Waals surface area contributed by atoms with Crippen LogP contribution < -0.4 is 0 Å². The Morgan fingerprint density at radius 1 is 1.71 bits per heavy atom. The normalized spacial score (nSPS) is 34.1. The SMILES string of the molecule is CCOC(=O)C1(C)CN(C)CCC1O. The van der Waals surface area contributed by atoms with E-state index in [0.29, 0.717) is 19.6 Å². The van der Waals surface area contributed by atoms with Gasteiger partial charge in [0.05, 0.1) is 12.7 Å². The van der Waals surface area contributed by atoms with Crippen LogP contribution >= 0.6 is 0 Å². The average Bonchev–Trinajstić information content (AvgIpc) is 2.12. The number of hydrogen-bond donors (Lipinski definition) is 1. The first-order valence-electron chi connectivity index (χ1n) is 5.04. The zero-order valence-electron chi connectivity index (χ0n) is 9.12. The van der Waals surface area contributed by atoms with Gasteiger partial charge >= 0.3 is 5.97 Å². The zero-order chi connectivity index (χ0) is 10.8. The van der Waals surface area contributed by atoms with E-state index in [-0.39, 0.29) is 5.97 Å². The summed E-state index contributed by atoms with van der Waals surface area (Å²) in [5.74, 6) is -0.293. The lowest BCUT2D eigenvalue weighted by Gasteiger charge is -2.40. The van der Waals surface area contributed by atoms with Crippen molar-refractivity contribution in [2.75, 3.05) is 26.7 Å². The minimum absolute atomic E-state index is 0.293. The van der Waals surface area contributed by atoms with Gasteiger partial charge in [-0.1, -0.05) is 0 Å². The zero-order valence-corrected chi connectivity index (χ0v) is 9.12. The van der Waals surface area contributed by atoms with E-state index in [1.54, 1.807) is 13.8 Å². The smallest absolute Gasteiger partial charge is 0.315 e. The molecule has 0 aromatic carbocycles. The van der Waals surface area contributed by atoms with E-state index in [1.165, 1.54) is 0 Å². The first-order valence-corrected chi connectivity index (χ1v) is 5.04. The summed E-state index contributed by atoms with van der Waals surface area (Å²) in [7, 11) is 1.95. The van der Waals surface area contributed by atoms with Crippen LogP contribution in [0.1, 0.15) is 20.3 Å². The number of aliphatic hydroxyl groups excluding tert-OH is 1. The third kappa shape index (κ3) is 2.07. The second-order valence-electron chi connectivity index (χ2n) is 4.18. The fourth-order valence-corrected chi connectivity index (χ4v) is 1.90. The van der Waals surface area contributed by atoms with E-state index in [4.69, 9.17) is 4.74 Å². The van der Waals surface area contributed by atoms with Gasteiger partial charge in [-0.15, -0.1) is 0 Å². The molecule has 4 heteroatoms. The lowest BCUT2D eigenvalue weighted by atomic mass is 9.79. The van der Waals surface area contributed by atoms with Crippen molar-refractivity contribution >= 4 is 5.97 Å². The van der Waals surface area contributed by atoms with Gasteiger partial charge in [-0.2, -0.15) is 0 Å². The Kier molecular flexibility index (Phi) is 3.50. The Morgan fingerprint density at radius 3 is 2.93 bits per heavy atom. The molecule has 0 amide bonds. The Bertz CT molecular complexity index is 219. The Labute approximate surface area is 84.8 Å². The van der Waals surface area contributed by atoms with Gasteiger partial charge in [-0.3, -0.25) is 4.79 Å². The van der Waals surface area contributed by atoms with Crippen LogP contribution in [0.2, 0.25) is 0 Å². The fraction of sp³-hybridized carbons (Fsp3) is 0.900. The largest absolute Gasteiger partial charge is 0.465 e. The maximum absolute atomic E-state index is 11.7. The van der Waals surface area contributed by atoms with E-state index < -0.39 is 11.5 Å². The number of hydrogen-bond acceptors (Lipinski definition) is 4. The molecule has 1 fully saturated rings. The molecule has 2 unspecified atom stereocenters. The molecule has 0 aromatic heterocycles. The first kappa shape index (κ1) is 11.5. The minimum Gasteiger partial charge on any atom is -0.465 e. The minimum atomic E-state index is -0.761. The number of likely N-dealkylation sites (tertiary alicyclic amines) is 1. The molecule has 0 bridgehead atoms. The number of carbonyl (C=O) groups excluding carboxylic acids is 1. The summed E-state index contributed by atoms with van der Waals surface area (Å²) in [4.78, 5) is 13.7. The molecule has 1 aliphatic rings. The van der Waals surface area contributed by atoms with Gasteiger partial charge in [-0.05, 0) is 27.3 Å². The van der Waals surface area contributed by atoms with Crippen LogP contribution in [0.15, 0.2) is 0 Å². The molecule has 4 nitrogen and oxygen atoms in total. The summed E-state index contributed by atoms with van der Waals surface area (Å²) in [5, 5.41) is 9.82. The molecule has 1 saturated heterocycles. The molecule has 1 N–H and O–H groups in total. The molecular formula is C10H19NO3. The maximum Gasteiger partial charge on any atom is 0.315 e. The summed E-state index contributed by atoms with van der Waals surface area (Å²) >= 11 is 0. The van der Waals surface area contributed by atoms with Gasteiger partial charge in [-0.25, -0.2) is 0 Å². The summed E-state index contributed by atoms with van der Waals surface area (Å²) < 4.78 is 4.98. The summed E-state index contributed by atoms with van der Waals surface area (Å²) in [6.07, 6.45) is 0.0454. The Hall–Kier alpha value is -0.610. The molecular weight excluding hydrogens is 182 g/mol. The van der Waals surface area contributed by atoms with Gasteiger partial charge in [0.15, 0.2) is 0 Å². The number of piperidine rings is 1. The number of rotatable bonds is 2. The van der Waals surface area contributed by atoms with E-state index in [9.17, 15) is 9.90 Å². The van der Waals surface area contributed by atoms with Crippen molar-refractivity contribution in [1.29, 1.82) is 0 Å². The standard InChI is InChI=1S/C10H19NO3/c1-4-14-9(13)10(2)7-11(3)6-5-8(10)12/h8,12H,4-7H2,1-3H3. The van der Waals surface area contributed by atoms with Crippen molar-refractivity contribution in [2.45, 2.75) is 26.4 Å². The lowest BCUT2D eigenvalue weighted by molar-refractivity contribution is -0.166. The monoisotopic (exact) mass is 201 g/mol. The maximum atomic E-state index is 11.7. The van der Waals surface area contributed by atoms with Gasteiger partial charge < -0.3 is 14.7 Å². The summed E-state index contributed by atoms with van der Waals surface area (Å²) in [5.41, 5.74) is -0.761. The Balaban J connectivity index is 2.72. The predicted octanol–water partition coefficient (Wildman–Crippen LogP) is 0.252. The molecule has 1 aliphatic heterocycles. The fourth-order valence-electron chi connectivity index (χ4n) is 1.90. The molecule has 0 aromatic rings. The van der Waals surface area contributed by atoms with Crippen molar-refractivity contribution < 1.29 is 14.6 Å². The quantitative estimate of drug-likeness (QED) is 0.651. The predicted molar refractivity (Wildman–Crippen MR) is 52.9 cm³/mol. The van der Waals surface area contributed by atoms with Crippen molar-refractivity contribution in [3.8, 4) is 0 Å². The van der Waals surface area contributed by atoms with Gasteiger partial charge in [0.1, 0.15) is 5.41 Å². The second-order valence-corrected chi connectivity index (χ2v) is 4.18. The van der Waals surface area contributed by atoms with Crippen molar-refractivity contribution in [3.63, 3.8) is 0 Å². The highest BCUT2D eigenvalue weighted by Gasteiger charge is 2.45. The second kappa shape index (κ2) is 4.28. The molecule has 0 saturated carbocycles. The molecule has 1 rings (SSSR count). The highest BCUT2D eigenvalue weighted by Crippen LogP contribution is 2.30. The highest BCUT2D eigenvalue weighted by molar-refractivity contribution is 5.77. The third-order valence-electron chi connectivity index (χ3n) is 2.86. The highest BCUT2D eigenvalue weighted by atomic mass is 16.5. The van der Waals surface area contributed by atoms with Gasteiger partial charge in [0, 0.05) is 13.1 Å². The number of nitrogens with zero attached hydrogens (tertiary/aromatic N) is 1. The van der Waals surface area contributed by atoms with Crippen molar-refractivity contribution in [1.82, 2.24) is 4.90 Å². The molecule has 14 heavy (non-hydrogen) atoms.